The molecule has 0 heterocycles. The fraction of sp³-hybridized carbons (Fsp3) is 0.364. The molecule has 0 saturated heterocycles. The van der Waals surface area contributed by atoms with E-state index >= 15 is 0 Å². The third-order valence-corrected chi connectivity index (χ3v) is 5.68. The quantitative estimate of drug-likeness (QED) is 0.778. The summed E-state index contributed by atoms with van der Waals surface area (Å²) in [6.07, 6.45) is 3.25. The van der Waals surface area contributed by atoms with Crippen molar-refractivity contribution in [3.63, 3.8) is 0 Å². The van der Waals surface area contributed by atoms with E-state index in [9.17, 15) is 4.39 Å². The second-order valence-corrected chi connectivity index (χ2v) is 7.53. The molecule has 2 aliphatic carbocycles. The van der Waals surface area contributed by atoms with E-state index in [1.165, 1.54) is 23.1 Å². The summed E-state index contributed by atoms with van der Waals surface area (Å²) >= 11 is 0. The summed E-state index contributed by atoms with van der Waals surface area (Å²) in [5.41, 5.74) is 7.47. The molecule has 2 unspecified atom stereocenters. The summed E-state index contributed by atoms with van der Waals surface area (Å²) in [6.45, 7) is 5.45. The molecule has 0 aliphatic heterocycles. The molecule has 0 N–H and O–H groups in total. The zero-order valence-corrected chi connectivity index (χ0v) is 14.5. The van der Waals surface area contributed by atoms with Crippen molar-refractivity contribution in [2.45, 2.75) is 25.2 Å². The largest absolute Gasteiger partial charge is 0.309 e. The van der Waals surface area contributed by atoms with Gasteiger partial charge in [0.05, 0.1) is 0 Å². The van der Waals surface area contributed by atoms with Crippen LogP contribution in [0, 0.1) is 11.7 Å². The van der Waals surface area contributed by atoms with Crippen LogP contribution in [-0.2, 0) is 12.8 Å². The minimum absolute atomic E-state index is 0.146. The molecule has 0 radical (unpaired) electrons. The molecule has 24 heavy (non-hydrogen) atoms. The molecule has 2 aromatic carbocycles. The summed E-state index contributed by atoms with van der Waals surface area (Å²) in [4.78, 5) is 2.28. The van der Waals surface area contributed by atoms with E-state index in [1.54, 1.807) is 12.1 Å². The lowest BCUT2D eigenvalue weighted by Gasteiger charge is -2.36. The van der Waals surface area contributed by atoms with E-state index in [2.05, 4.69) is 43.8 Å². The summed E-state index contributed by atoms with van der Waals surface area (Å²) in [5, 5.41) is 0. The predicted octanol–water partition coefficient (Wildman–Crippen LogP) is 4.65. The van der Waals surface area contributed by atoms with Gasteiger partial charge in [0.15, 0.2) is 0 Å². The van der Waals surface area contributed by atoms with Gasteiger partial charge in [0.2, 0.25) is 0 Å². The predicted molar refractivity (Wildman–Crippen MR) is 97.8 cm³/mol. The number of aryl methyl sites for hydroxylation is 1. The Kier molecular flexibility index (Phi) is 3.80. The van der Waals surface area contributed by atoms with Gasteiger partial charge in [0, 0.05) is 6.54 Å². The van der Waals surface area contributed by atoms with E-state index in [1.807, 2.05) is 6.07 Å². The maximum Gasteiger partial charge on any atom is 0.123 e. The topological polar surface area (TPSA) is 3.24 Å². The van der Waals surface area contributed by atoms with Gasteiger partial charge < -0.3 is 4.90 Å². The molecule has 124 valence electrons. The van der Waals surface area contributed by atoms with Crippen LogP contribution in [0.1, 0.15) is 40.2 Å². The van der Waals surface area contributed by atoms with E-state index < -0.39 is 0 Å². The molecule has 4 rings (SSSR count). The molecular weight excluding hydrogens is 297 g/mol. The van der Waals surface area contributed by atoms with Gasteiger partial charge in [-0.25, -0.2) is 4.39 Å². The van der Waals surface area contributed by atoms with E-state index in [0.717, 1.165) is 36.1 Å². The second-order valence-electron chi connectivity index (χ2n) is 7.53. The molecule has 0 aromatic heterocycles. The summed E-state index contributed by atoms with van der Waals surface area (Å²) in [6, 6.07) is 11.8. The van der Waals surface area contributed by atoms with Crippen molar-refractivity contribution in [2.24, 2.45) is 5.92 Å². The van der Waals surface area contributed by atoms with Crippen LogP contribution >= 0.6 is 0 Å². The van der Waals surface area contributed by atoms with Crippen LogP contribution < -0.4 is 0 Å². The Balaban J connectivity index is 1.90. The minimum Gasteiger partial charge on any atom is -0.309 e. The van der Waals surface area contributed by atoms with E-state index in [4.69, 9.17) is 0 Å². The lowest BCUT2D eigenvalue weighted by atomic mass is 9.71. The molecule has 2 heteroatoms. The highest BCUT2D eigenvalue weighted by molar-refractivity contribution is 5.83. The van der Waals surface area contributed by atoms with Crippen LogP contribution in [0.15, 0.2) is 43.0 Å². The number of rotatable bonds is 2. The van der Waals surface area contributed by atoms with E-state index in [0.29, 0.717) is 11.8 Å². The molecule has 2 aromatic rings. The van der Waals surface area contributed by atoms with Crippen LogP contribution in [0.5, 0.6) is 0 Å². The SMILES string of the molecule is C=C1c2ccc(F)cc2CC2c3c(cccc31)CCC2CN(C)C. The first-order chi connectivity index (χ1) is 11.5. The lowest BCUT2D eigenvalue weighted by Crippen LogP contribution is -2.31. The standard InChI is InChI=1S/C22H24FN/c1-14-19-10-9-18(23)11-17(19)12-21-16(13-24(2)3)8-7-15-5-4-6-20(14)22(15)21/h4-6,9-11,16,21H,1,7-8,12-13H2,2-3H3. The average Bonchev–Trinajstić information content (AvgIpc) is 2.67. The molecular formula is C22H24FN. The van der Waals surface area contributed by atoms with Gasteiger partial charge in [0.25, 0.3) is 0 Å². The maximum absolute atomic E-state index is 13.9. The summed E-state index contributed by atoms with van der Waals surface area (Å²) < 4.78 is 13.9. The smallest absolute Gasteiger partial charge is 0.123 e. The minimum atomic E-state index is -0.146. The van der Waals surface area contributed by atoms with Crippen molar-refractivity contribution >= 4 is 5.57 Å². The van der Waals surface area contributed by atoms with Crippen molar-refractivity contribution < 1.29 is 4.39 Å². The van der Waals surface area contributed by atoms with Gasteiger partial charge in [0.1, 0.15) is 5.82 Å². The van der Waals surface area contributed by atoms with Crippen molar-refractivity contribution in [3.05, 3.63) is 76.6 Å². The molecule has 0 amide bonds. The van der Waals surface area contributed by atoms with Crippen LogP contribution in [0.25, 0.3) is 5.57 Å². The summed E-state index contributed by atoms with van der Waals surface area (Å²) in [7, 11) is 4.29. The Labute approximate surface area is 143 Å². The molecule has 2 atom stereocenters. The third-order valence-electron chi connectivity index (χ3n) is 5.68. The first kappa shape index (κ1) is 15.6. The van der Waals surface area contributed by atoms with Gasteiger partial charge in [-0.3, -0.25) is 0 Å². The van der Waals surface area contributed by atoms with Gasteiger partial charge in [-0.15, -0.1) is 0 Å². The summed E-state index contributed by atoms with van der Waals surface area (Å²) in [5.74, 6) is 0.913. The van der Waals surface area contributed by atoms with Gasteiger partial charge in [-0.2, -0.15) is 0 Å². The van der Waals surface area contributed by atoms with Crippen molar-refractivity contribution in [2.75, 3.05) is 20.6 Å². The molecule has 1 nitrogen and oxygen atoms in total. The zero-order chi connectivity index (χ0) is 16.8. The number of benzene rings is 2. The Hall–Kier alpha value is -1.93. The molecule has 0 spiro atoms. The number of hydrogen-bond donors (Lipinski definition) is 0. The first-order valence-electron chi connectivity index (χ1n) is 8.79. The Morgan fingerprint density at radius 2 is 1.96 bits per heavy atom. The number of halogens is 1. The highest BCUT2D eigenvalue weighted by Crippen LogP contribution is 2.46. The van der Waals surface area contributed by atoms with Crippen LogP contribution in [0.3, 0.4) is 0 Å². The Bertz CT molecular complexity index is 806. The van der Waals surface area contributed by atoms with E-state index in [-0.39, 0.29) is 5.82 Å². The Morgan fingerprint density at radius 1 is 1.12 bits per heavy atom. The van der Waals surface area contributed by atoms with Gasteiger partial charge >= 0.3 is 0 Å². The zero-order valence-electron chi connectivity index (χ0n) is 14.5. The van der Waals surface area contributed by atoms with Crippen molar-refractivity contribution in [1.82, 2.24) is 4.90 Å². The number of nitrogens with zero attached hydrogens (tertiary/aromatic N) is 1. The van der Waals surface area contributed by atoms with Gasteiger partial charge in [-0.1, -0.05) is 30.8 Å². The van der Waals surface area contributed by atoms with Crippen molar-refractivity contribution in [3.8, 4) is 0 Å². The molecule has 2 aliphatic rings. The molecule has 0 saturated carbocycles. The Morgan fingerprint density at radius 3 is 2.75 bits per heavy atom. The first-order valence-corrected chi connectivity index (χ1v) is 8.79. The molecule has 0 bridgehead atoms. The maximum atomic E-state index is 13.9. The highest BCUT2D eigenvalue weighted by Gasteiger charge is 2.35. The molecule has 0 fully saturated rings. The number of fused-ring (bicyclic) bond motifs is 1. The lowest BCUT2D eigenvalue weighted by molar-refractivity contribution is 0.264. The normalized spacial score (nSPS) is 22.1. The van der Waals surface area contributed by atoms with Crippen LogP contribution in [0.2, 0.25) is 0 Å². The van der Waals surface area contributed by atoms with Crippen LogP contribution in [-0.4, -0.2) is 25.5 Å². The van der Waals surface area contributed by atoms with Gasteiger partial charge in [-0.05, 0) is 90.7 Å². The van der Waals surface area contributed by atoms with Crippen LogP contribution in [0.4, 0.5) is 4.39 Å². The van der Waals surface area contributed by atoms with Crippen molar-refractivity contribution in [1.29, 1.82) is 0 Å². The average molecular weight is 321 g/mol. The fourth-order valence-electron chi connectivity index (χ4n) is 4.67. The fourth-order valence-corrected chi connectivity index (χ4v) is 4.67. The monoisotopic (exact) mass is 321 g/mol. The third kappa shape index (κ3) is 2.50. The number of hydrogen-bond acceptors (Lipinski definition) is 1. The second kappa shape index (κ2) is 5.86. The highest BCUT2D eigenvalue weighted by atomic mass is 19.1.